The number of methoxy groups -OCH3 is 1. The molecule has 0 amide bonds. The molecule has 110 valence electrons. The lowest BCUT2D eigenvalue weighted by Gasteiger charge is -2.22. The number of aromatic nitrogens is 2. The first-order chi connectivity index (χ1) is 10.3. The van der Waals surface area contributed by atoms with Gasteiger partial charge in [-0.3, -0.25) is 0 Å². The second-order valence-corrected chi connectivity index (χ2v) is 5.86. The molecule has 1 aliphatic carbocycles. The summed E-state index contributed by atoms with van der Waals surface area (Å²) in [4.78, 5) is 8.99. The molecule has 2 aromatic rings. The summed E-state index contributed by atoms with van der Waals surface area (Å²) in [7, 11) is 1.65. The molecule has 0 atom stereocenters. The van der Waals surface area contributed by atoms with Crippen LogP contribution >= 0.6 is 11.6 Å². The average Bonchev–Trinajstić information content (AvgIpc) is 2.55. The first-order valence-electron chi connectivity index (χ1n) is 7.45. The number of hydrogen-bond acceptors (Lipinski definition) is 3. The van der Waals surface area contributed by atoms with Crippen molar-refractivity contribution in [1.29, 1.82) is 0 Å². The Labute approximate surface area is 130 Å². The van der Waals surface area contributed by atoms with E-state index in [1.807, 2.05) is 30.5 Å². The molecule has 3 nitrogen and oxygen atoms in total. The molecule has 1 saturated carbocycles. The largest absolute Gasteiger partial charge is 0.497 e. The van der Waals surface area contributed by atoms with Crippen LogP contribution in [-0.2, 0) is 0 Å². The highest BCUT2D eigenvalue weighted by atomic mass is 35.5. The molecule has 1 aromatic heterocycles. The van der Waals surface area contributed by atoms with E-state index in [2.05, 4.69) is 9.97 Å². The van der Waals surface area contributed by atoms with Crippen LogP contribution in [0.1, 0.15) is 43.6 Å². The lowest BCUT2D eigenvalue weighted by Crippen LogP contribution is -2.07. The molecule has 0 saturated heterocycles. The number of benzene rings is 1. The van der Waals surface area contributed by atoms with Gasteiger partial charge in [-0.25, -0.2) is 9.97 Å². The Balaban J connectivity index is 1.85. The average molecular weight is 303 g/mol. The van der Waals surface area contributed by atoms with Gasteiger partial charge in [0.1, 0.15) is 10.9 Å². The predicted octanol–water partition coefficient (Wildman–Crippen LogP) is 4.85. The Morgan fingerprint density at radius 3 is 2.43 bits per heavy atom. The zero-order valence-corrected chi connectivity index (χ0v) is 12.9. The Morgan fingerprint density at radius 1 is 1.10 bits per heavy atom. The summed E-state index contributed by atoms with van der Waals surface area (Å²) in [5, 5.41) is 0.600. The minimum Gasteiger partial charge on any atom is -0.497 e. The Bertz CT molecular complexity index is 607. The monoisotopic (exact) mass is 302 g/mol. The topological polar surface area (TPSA) is 35.0 Å². The summed E-state index contributed by atoms with van der Waals surface area (Å²) in [6.45, 7) is 0. The SMILES string of the molecule is COc1ccc(-c2ncc(C3CCCCC3)c(Cl)n2)cc1. The van der Waals surface area contributed by atoms with E-state index in [0.717, 1.165) is 16.9 Å². The van der Waals surface area contributed by atoms with Gasteiger partial charge in [0.2, 0.25) is 0 Å². The predicted molar refractivity (Wildman–Crippen MR) is 84.9 cm³/mol. The Kier molecular flexibility index (Phi) is 4.39. The summed E-state index contributed by atoms with van der Waals surface area (Å²) < 4.78 is 5.16. The number of rotatable bonds is 3. The van der Waals surface area contributed by atoms with Crippen LogP contribution in [0.4, 0.5) is 0 Å². The van der Waals surface area contributed by atoms with Crippen molar-refractivity contribution in [3.8, 4) is 17.1 Å². The van der Waals surface area contributed by atoms with Gasteiger partial charge in [-0.1, -0.05) is 30.9 Å². The summed E-state index contributed by atoms with van der Waals surface area (Å²) in [5.74, 6) is 2.02. The molecule has 1 aromatic carbocycles. The van der Waals surface area contributed by atoms with Crippen LogP contribution in [0.15, 0.2) is 30.5 Å². The maximum absolute atomic E-state index is 6.40. The molecule has 0 N–H and O–H groups in total. The highest BCUT2D eigenvalue weighted by molar-refractivity contribution is 6.30. The fraction of sp³-hybridized carbons (Fsp3) is 0.412. The van der Waals surface area contributed by atoms with Crippen LogP contribution < -0.4 is 4.74 Å². The molecule has 0 spiro atoms. The lowest BCUT2D eigenvalue weighted by molar-refractivity contribution is 0.415. The van der Waals surface area contributed by atoms with Gasteiger partial charge in [0.05, 0.1) is 7.11 Å². The van der Waals surface area contributed by atoms with Gasteiger partial charge in [-0.15, -0.1) is 0 Å². The van der Waals surface area contributed by atoms with Crippen molar-refractivity contribution in [1.82, 2.24) is 9.97 Å². The second kappa shape index (κ2) is 6.44. The molecule has 4 heteroatoms. The van der Waals surface area contributed by atoms with Crippen molar-refractivity contribution in [2.24, 2.45) is 0 Å². The van der Waals surface area contributed by atoms with Crippen LogP contribution in [0.2, 0.25) is 5.15 Å². The number of nitrogens with zero attached hydrogens (tertiary/aromatic N) is 2. The number of ether oxygens (including phenoxy) is 1. The molecule has 1 aliphatic rings. The van der Waals surface area contributed by atoms with Gasteiger partial charge in [0, 0.05) is 17.3 Å². The molecule has 3 rings (SSSR count). The second-order valence-electron chi connectivity index (χ2n) is 5.50. The van der Waals surface area contributed by atoms with Crippen molar-refractivity contribution in [3.05, 3.63) is 41.2 Å². The highest BCUT2D eigenvalue weighted by Gasteiger charge is 2.19. The van der Waals surface area contributed by atoms with Gasteiger partial charge < -0.3 is 4.74 Å². The Morgan fingerprint density at radius 2 is 1.81 bits per heavy atom. The molecule has 0 radical (unpaired) electrons. The van der Waals surface area contributed by atoms with E-state index < -0.39 is 0 Å². The van der Waals surface area contributed by atoms with Crippen LogP contribution in [0.5, 0.6) is 5.75 Å². The van der Waals surface area contributed by atoms with E-state index in [4.69, 9.17) is 16.3 Å². The molecular formula is C17H19ClN2O. The third kappa shape index (κ3) is 3.18. The minimum atomic E-state index is 0.524. The summed E-state index contributed by atoms with van der Waals surface area (Å²) in [6.07, 6.45) is 8.20. The number of halogens is 1. The van der Waals surface area contributed by atoms with Gasteiger partial charge in [0.25, 0.3) is 0 Å². The summed E-state index contributed by atoms with van der Waals surface area (Å²) in [6, 6.07) is 7.71. The third-order valence-corrected chi connectivity index (χ3v) is 4.46. The van der Waals surface area contributed by atoms with Crippen LogP contribution in [0, 0.1) is 0 Å². The smallest absolute Gasteiger partial charge is 0.160 e. The first-order valence-corrected chi connectivity index (χ1v) is 7.82. The molecule has 1 heterocycles. The molecule has 0 unspecified atom stereocenters. The normalized spacial score (nSPS) is 15.9. The van der Waals surface area contributed by atoms with E-state index >= 15 is 0 Å². The van der Waals surface area contributed by atoms with Crippen molar-refractivity contribution >= 4 is 11.6 Å². The third-order valence-electron chi connectivity index (χ3n) is 4.16. The van der Waals surface area contributed by atoms with Crippen LogP contribution in [0.25, 0.3) is 11.4 Å². The maximum atomic E-state index is 6.40. The fourth-order valence-electron chi connectivity index (χ4n) is 2.94. The van der Waals surface area contributed by atoms with E-state index in [-0.39, 0.29) is 0 Å². The maximum Gasteiger partial charge on any atom is 0.160 e. The van der Waals surface area contributed by atoms with Gasteiger partial charge in [-0.2, -0.15) is 0 Å². The summed E-state index contributed by atoms with van der Waals surface area (Å²) >= 11 is 6.40. The van der Waals surface area contributed by atoms with E-state index in [1.165, 1.54) is 32.1 Å². The van der Waals surface area contributed by atoms with Gasteiger partial charge in [0.15, 0.2) is 5.82 Å². The van der Waals surface area contributed by atoms with Crippen molar-refractivity contribution in [2.45, 2.75) is 38.0 Å². The lowest BCUT2D eigenvalue weighted by atomic mass is 9.85. The van der Waals surface area contributed by atoms with Gasteiger partial charge in [-0.05, 0) is 43.0 Å². The molecular weight excluding hydrogens is 284 g/mol. The first kappa shape index (κ1) is 14.3. The quantitative estimate of drug-likeness (QED) is 0.760. The van der Waals surface area contributed by atoms with E-state index in [9.17, 15) is 0 Å². The zero-order valence-electron chi connectivity index (χ0n) is 12.2. The summed E-state index contributed by atoms with van der Waals surface area (Å²) in [5.41, 5.74) is 2.06. The standard InChI is InChI=1S/C17H19ClN2O/c1-21-14-9-7-13(8-10-14)17-19-11-15(16(18)20-17)12-5-3-2-4-6-12/h7-12H,2-6H2,1H3. The molecule has 0 bridgehead atoms. The minimum absolute atomic E-state index is 0.524. The molecule has 21 heavy (non-hydrogen) atoms. The van der Waals surface area contributed by atoms with Crippen molar-refractivity contribution < 1.29 is 4.74 Å². The fourth-order valence-corrected chi connectivity index (χ4v) is 3.22. The Hall–Kier alpha value is -1.61. The van der Waals surface area contributed by atoms with E-state index in [1.54, 1.807) is 7.11 Å². The zero-order chi connectivity index (χ0) is 14.7. The molecule has 1 fully saturated rings. The van der Waals surface area contributed by atoms with E-state index in [0.29, 0.717) is 16.9 Å². The highest BCUT2D eigenvalue weighted by Crippen LogP contribution is 2.35. The van der Waals surface area contributed by atoms with Crippen LogP contribution in [-0.4, -0.2) is 17.1 Å². The van der Waals surface area contributed by atoms with Gasteiger partial charge >= 0.3 is 0 Å². The van der Waals surface area contributed by atoms with Crippen LogP contribution in [0.3, 0.4) is 0 Å². The number of hydrogen-bond donors (Lipinski definition) is 0. The molecule has 0 aliphatic heterocycles. The van der Waals surface area contributed by atoms with Crippen molar-refractivity contribution in [2.75, 3.05) is 7.11 Å². The van der Waals surface area contributed by atoms with Crippen molar-refractivity contribution in [3.63, 3.8) is 0 Å².